The first-order valence-electron chi connectivity index (χ1n) is 6.58. The molecule has 1 amide bonds. The van der Waals surface area contributed by atoms with Crippen LogP contribution in [0.3, 0.4) is 0 Å². The molecule has 2 unspecified atom stereocenters. The van der Waals surface area contributed by atoms with E-state index in [0.717, 1.165) is 11.3 Å². The Morgan fingerprint density at radius 2 is 1.73 bits per heavy atom. The van der Waals surface area contributed by atoms with Crippen molar-refractivity contribution in [2.45, 2.75) is 25.4 Å². The summed E-state index contributed by atoms with van der Waals surface area (Å²) in [7, 11) is 0. The molecule has 0 radical (unpaired) electrons. The minimum atomic E-state index is -1.07. The molecule has 0 aliphatic rings. The van der Waals surface area contributed by atoms with E-state index in [2.05, 4.69) is 10.3 Å². The first kappa shape index (κ1) is 20.4. The van der Waals surface area contributed by atoms with Crippen LogP contribution in [0.15, 0.2) is 54.7 Å². The summed E-state index contributed by atoms with van der Waals surface area (Å²) >= 11 is 0. The molecule has 0 spiro atoms. The molecule has 6 heteroatoms. The molecular weight excluding hydrogens is 321 g/mol. The molecule has 0 fully saturated rings. The fourth-order valence-corrected chi connectivity index (χ4v) is 1.97. The lowest BCUT2D eigenvalue weighted by molar-refractivity contribution is -0.126. The van der Waals surface area contributed by atoms with Gasteiger partial charge in [-0.1, -0.05) is 36.4 Å². The zero-order valence-corrected chi connectivity index (χ0v) is 14.2. The molecule has 22 heavy (non-hydrogen) atoms. The third-order valence-electron chi connectivity index (χ3n) is 3.32. The minimum Gasteiger partial charge on any atom is -0.346 e. The molecule has 1 aromatic heterocycles. The second-order valence-corrected chi connectivity index (χ2v) is 5.02. The summed E-state index contributed by atoms with van der Waals surface area (Å²) in [6, 6.07) is 14.8. The van der Waals surface area contributed by atoms with E-state index in [0.29, 0.717) is 0 Å². The van der Waals surface area contributed by atoms with Crippen LogP contribution in [-0.4, -0.2) is 10.9 Å². The molecule has 1 aromatic carbocycles. The summed E-state index contributed by atoms with van der Waals surface area (Å²) in [5.41, 5.74) is 6.70. The summed E-state index contributed by atoms with van der Waals surface area (Å²) in [6.45, 7) is 3.60. The zero-order chi connectivity index (χ0) is 14.6. The Bertz CT molecular complexity index is 576. The van der Waals surface area contributed by atoms with Gasteiger partial charge in [0.2, 0.25) is 5.91 Å². The van der Waals surface area contributed by atoms with Crippen molar-refractivity contribution < 1.29 is 4.79 Å². The number of nitrogens with zero attached hydrogens (tertiary/aromatic N) is 1. The molecule has 0 saturated carbocycles. The number of aromatic nitrogens is 1. The number of carbonyl (C=O) groups excluding carboxylic acids is 1. The largest absolute Gasteiger partial charge is 0.346 e. The molecule has 0 aliphatic heterocycles. The van der Waals surface area contributed by atoms with Crippen molar-refractivity contribution in [2.75, 3.05) is 0 Å². The van der Waals surface area contributed by atoms with Gasteiger partial charge in [0, 0.05) is 6.20 Å². The van der Waals surface area contributed by atoms with Gasteiger partial charge in [0.15, 0.2) is 0 Å². The Hall–Kier alpha value is -1.62. The van der Waals surface area contributed by atoms with Crippen molar-refractivity contribution in [1.82, 2.24) is 10.3 Å². The quantitative estimate of drug-likeness (QED) is 0.898. The van der Waals surface area contributed by atoms with Crippen molar-refractivity contribution in [3.8, 4) is 0 Å². The summed E-state index contributed by atoms with van der Waals surface area (Å²) < 4.78 is 0. The number of hydrogen-bond donors (Lipinski definition) is 2. The van der Waals surface area contributed by atoms with E-state index in [9.17, 15) is 4.79 Å². The van der Waals surface area contributed by atoms with Gasteiger partial charge in [0.05, 0.1) is 11.7 Å². The highest BCUT2D eigenvalue weighted by Gasteiger charge is 2.31. The maximum Gasteiger partial charge on any atom is 0.244 e. The minimum absolute atomic E-state index is 0. The van der Waals surface area contributed by atoms with Crippen molar-refractivity contribution >= 4 is 30.7 Å². The Labute approximate surface area is 143 Å². The summed E-state index contributed by atoms with van der Waals surface area (Å²) in [4.78, 5) is 16.6. The molecule has 0 aliphatic carbocycles. The average molecular weight is 342 g/mol. The predicted octanol–water partition coefficient (Wildman–Crippen LogP) is 2.98. The van der Waals surface area contributed by atoms with Gasteiger partial charge in [0.1, 0.15) is 5.54 Å². The highest BCUT2D eigenvalue weighted by atomic mass is 35.5. The molecule has 3 N–H and O–H groups in total. The number of carbonyl (C=O) groups is 1. The maximum atomic E-state index is 12.4. The standard InChI is InChI=1S/C16H19N3O.2ClH/c1-12(14-10-6-7-11-18-14)19-15(20)16(2,17)13-8-4-3-5-9-13;;/h3-12H,17H2,1-2H3,(H,19,20);2*1H. The van der Waals surface area contributed by atoms with Crippen molar-refractivity contribution in [3.63, 3.8) is 0 Å². The fraction of sp³-hybridized carbons (Fsp3) is 0.250. The highest BCUT2D eigenvalue weighted by Crippen LogP contribution is 2.19. The average Bonchev–Trinajstić information content (AvgIpc) is 2.49. The number of hydrogen-bond acceptors (Lipinski definition) is 3. The zero-order valence-electron chi connectivity index (χ0n) is 12.5. The number of nitrogens with two attached hydrogens (primary N) is 1. The predicted molar refractivity (Wildman–Crippen MR) is 93.3 cm³/mol. The van der Waals surface area contributed by atoms with Crippen LogP contribution >= 0.6 is 24.8 Å². The van der Waals surface area contributed by atoms with Crippen LogP contribution in [0.2, 0.25) is 0 Å². The first-order valence-corrected chi connectivity index (χ1v) is 6.58. The van der Waals surface area contributed by atoms with Gasteiger partial charge in [-0.2, -0.15) is 0 Å². The van der Waals surface area contributed by atoms with E-state index in [1.54, 1.807) is 13.1 Å². The van der Waals surface area contributed by atoms with Crippen LogP contribution in [-0.2, 0) is 10.3 Å². The van der Waals surface area contributed by atoms with Crippen LogP contribution in [0.25, 0.3) is 0 Å². The monoisotopic (exact) mass is 341 g/mol. The van der Waals surface area contributed by atoms with E-state index in [4.69, 9.17) is 5.73 Å². The topological polar surface area (TPSA) is 68.0 Å². The molecule has 2 aromatic rings. The van der Waals surface area contributed by atoms with Gasteiger partial charge < -0.3 is 11.1 Å². The van der Waals surface area contributed by atoms with Gasteiger partial charge >= 0.3 is 0 Å². The summed E-state index contributed by atoms with van der Waals surface area (Å²) in [6.07, 6.45) is 1.71. The second-order valence-electron chi connectivity index (χ2n) is 5.02. The molecular formula is C16H21Cl2N3O. The van der Waals surface area contributed by atoms with Gasteiger partial charge in [-0.3, -0.25) is 9.78 Å². The van der Waals surface area contributed by atoms with Gasteiger partial charge in [-0.05, 0) is 31.5 Å². The van der Waals surface area contributed by atoms with Crippen molar-refractivity contribution in [1.29, 1.82) is 0 Å². The fourth-order valence-electron chi connectivity index (χ4n) is 1.97. The van der Waals surface area contributed by atoms with E-state index in [1.165, 1.54) is 0 Å². The van der Waals surface area contributed by atoms with Crippen molar-refractivity contribution in [2.24, 2.45) is 5.73 Å². The molecule has 2 rings (SSSR count). The van der Waals surface area contributed by atoms with Gasteiger partial charge in [0.25, 0.3) is 0 Å². The number of halogens is 2. The summed E-state index contributed by atoms with van der Waals surface area (Å²) in [5.74, 6) is -0.221. The molecule has 0 saturated heterocycles. The van der Waals surface area contributed by atoms with E-state index >= 15 is 0 Å². The lowest BCUT2D eigenvalue weighted by atomic mass is 9.92. The second kappa shape index (κ2) is 8.73. The van der Waals surface area contributed by atoms with Crippen LogP contribution in [0.5, 0.6) is 0 Å². The Kier molecular flexibility index (Phi) is 8.09. The lowest BCUT2D eigenvalue weighted by Crippen LogP contribution is -2.49. The maximum absolute atomic E-state index is 12.4. The third-order valence-corrected chi connectivity index (χ3v) is 3.32. The number of pyridine rings is 1. The number of amides is 1. The van der Waals surface area contributed by atoms with Crippen LogP contribution in [0.1, 0.15) is 31.1 Å². The van der Waals surface area contributed by atoms with Crippen LogP contribution in [0, 0.1) is 0 Å². The molecule has 2 atom stereocenters. The number of nitrogens with one attached hydrogen (secondary N) is 1. The molecule has 1 heterocycles. The van der Waals surface area contributed by atoms with Gasteiger partial charge in [-0.25, -0.2) is 0 Å². The lowest BCUT2D eigenvalue weighted by Gasteiger charge is -2.26. The van der Waals surface area contributed by atoms with Crippen molar-refractivity contribution in [3.05, 3.63) is 66.0 Å². The van der Waals surface area contributed by atoms with Crippen LogP contribution in [0.4, 0.5) is 0 Å². The molecule has 0 bridgehead atoms. The summed E-state index contributed by atoms with van der Waals surface area (Å²) in [5, 5.41) is 2.91. The molecule has 4 nitrogen and oxygen atoms in total. The smallest absolute Gasteiger partial charge is 0.244 e. The SMILES string of the molecule is CC(NC(=O)C(C)(N)c1ccccc1)c1ccccn1.Cl.Cl. The first-order chi connectivity index (χ1) is 9.51. The number of rotatable bonds is 4. The number of benzene rings is 1. The normalized spacial score (nSPS) is 13.8. The Balaban J connectivity index is 0.00000220. The van der Waals surface area contributed by atoms with E-state index in [-0.39, 0.29) is 36.8 Å². The molecule has 120 valence electrons. The Morgan fingerprint density at radius 1 is 1.14 bits per heavy atom. The van der Waals surface area contributed by atoms with Crippen LogP contribution < -0.4 is 11.1 Å². The Morgan fingerprint density at radius 3 is 2.27 bits per heavy atom. The van der Waals surface area contributed by atoms with Gasteiger partial charge in [-0.15, -0.1) is 24.8 Å². The third kappa shape index (κ3) is 4.70. The van der Waals surface area contributed by atoms with E-state index in [1.807, 2.05) is 55.5 Å². The van der Waals surface area contributed by atoms with E-state index < -0.39 is 5.54 Å². The highest BCUT2D eigenvalue weighted by molar-refractivity contribution is 5.87.